The lowest BCUT2D eigenvalue weighted by atomic mass is 10.2. The molecule has 0 aromatic carbocycles. The van der Waals surface area contributed by atoms with E-state index in [1.54, 1.807) is 20.8 Å². The van der Waals surface area contributed by atoms with Gasteiger partial charge in [-0.2, -0.15) is 0 Å². The van der Waals surface area contributed by atoms with Crippen molar-refractivity contribution in [1.29, 1.82) is 5.41 Å². The van der Waals surface area contributed by atoms with Crippen LogP contribution in [0.3, 0.4) is 0 Å². The van der Waals surface area contributed by atoms with E-state index in [-0.39, 0.29) is 5.03 Å². The molecule has 0 heterocycles. The zero-order valence-corrected chi connectivity index (χ0v) is 13.5. The molecule has 5 nitrogen and oxygen atoms in total. The molecule has 0 amide bonds. The van der Waals surface area contributed by atoms with Gasteiger partial charge in [0.1, 0.15) is 10.6 Å². The first-order valence-electron chi connectivity index (χ1n) is 5.51. The molecule has 0 saturated heterocycles. The minimum absolute atomic E-state index is 0.277. The number of rotatable bonds is 5. The number of methoxy groups -OCH3 is 1. The molecule has 0 fully saturated rings. The molecule has 0 rings (SSSR count). The van der Waals surface area contributed by atoms with E-state index in [0.717, 1.165) is 0 Å². The number of carbonyl (C=O) groups is 1. The fourth-order valence-electron chi connectivity index (χ4n) is 1.17. The summed E-state index contributed by atoms with van der Waals surface area (Å²) in [7, 11) is -0.384. The van der Waals surface area contributed by atoms with E-state index in [9.17, 15) is 4.79 Å². The Hall–Kier alpha value is -0.653. The van der Waals surface area contributed by atoms with Crippen molar-refractivity contribution in [2.24, 2.45) is 0 Å². The van der Waals surface area contributed by atoms with Crippen LogP contribution in [0.2, 0.25) is 13.1 Å². The van der Waals surface area contributed by atoms with Gasteiger partial charge in [0.15, 0.2) is 9.04 Å². The molecule has 104 valence electrons. The Morgan fingerprint density at radius 2 is 1.83 bits per heavy atom. The van der Waals surface area contributed by atoms with Crippen LogP contribution in [0.15, 0.2) is 5.03 Å². The summed E-state index contributed by atoms with van der Waals surface area (Å²) in [5.41, 5.74) is -0.706. The normalized spacial score (nSPS) is 14.9. The van der Waals surface area contributed by atoms with E-state index in [1.807, 2.05) is 19.0 Å². The van der Waals surface area contributed by atoms with Gasteiger partial charge in [0.25, 0.3) is 0 Å². The summed E-state index contributed by atoms with van der Waals surface area (Å²) in [5.74, 6) is -0.720. The summed E-state index contributed by atoms with van der Waals surface area (Å²) in [6.07, 6.45) is 0. The van der Waals surface area contributed by atoms with Crippen LogP contribution in [0.5, 0.6) is 0 Å². The Bertz CT molecular complexity index is 361. The van der Waals surface area contributed by atoms with Crippen molar-refractivity contribution in [1.82, 2.24) is 0 Å². The van der Waals surface area contributed by atoms with Crippen molar-refractivity contribution in [3.05, 3.63) is 5.03 Å². The van der Waals surface area contributed by atoms with Crippen molar-refractivity contribution < 1.29 is 18.7 Å². The van der Waals surface area contributed by atoms with Crippen molar-refractivity contribution in [2.75, 3.05) is 7.11 Å². The van der Waals surface area contributed by atoms with E-state index in [1.165, 1.54) is 7.11 Å². The maximum absolute atomic E-state index is 12.2. The first kappa shape index (κ1) is 17.3. The van der Waals surface area contributed by atoms with Gasteiger partial charge in [-0.25, -0.2) is 4.79 Å². The zero-order chi connectivity index (χ0) is 14.6. The molecule has 0 radical (unpaired) electrons. The Kier molecular flexibility index (Phi) is 6.26. The van der Waals surface area contributed by atoms with E-state index in [0.29, 0.717) is 0 Å². The smallest absolute Gasteiger partial charge is 0.373 e. The highest BCUT2D eigenvalue weighted by atomic mass is 35.5. The highest BCUT2D eigenvalue weighted by Crippen LogP contribution is 2.28. The zero-order valence-electron chi connectivity index (χ0n) is 11.6. The highest BCUT2D eigenvalue weighted by molar-refractivity contribution is 6.49. The summed E-state index contributed by atoms with van der Waals surface area (Å²) in [5, 5.41) is 6.79. The summed E-state index contributed by atoms with van der Waals surface area (Å²) in [6, 6.07) is 0. The lowest BCUT2D eigenvalue weighted by molar-refractivity contribution is -0.206. The van der Waals surface area contributed by atoms with Crippen molar-refractivity contribution in [2.45, 2.75) is 45.3 Å². The average molecular weight is 294 g/mol. The third kappa shape index (κ3) is 4.55. The Labute approximate surface area is 114 Å². The quantitative estimate of drug-likeness (QED) is 0.364. The molecule has 0 spiro atoms. The maximum Gasteiger partial charge on any atom is 0.373 e. The molecule has 1 unspecified atom stereocenters. The summed E-state index contributed by atoms with van der Waals surface area (Å²) >= 11 is 5.85. The molecule has 0 bridgehead atoms. The maximum atomic E-state index is 12.2. The number of hydrogen-bond acceptors (Lipinski definition) is 5. The number of ether oxygens (including phenoxy) is 2. The largest absolute Gasteiger partial charge is 0.456 e. The van der Waals surface area contributed by atoms with Crippen LogP contribution in [0.1, 0.15) is 20.8 Å². The molecule has 1 N–H and O–H groups in total. The Morgan fingerprint density at radius 1 is 1.33 bits per heavy atom. The van der Waals surface area contributed by atoms with Crippen molar-refractivity contribution >= 4 is 32.5 Å². The number of hydrogen-bond donors (Lipinski definition) is 1. The van der Waals surface area contributed by atoms with Crippen LogP contribution >= 0.6 is 11.6 Å². The van der Waals surface area contributed by atoms with E-state index < -0.39 is 26.4 Å². The molecular weight excluding hydrogens is 274 g/mol. The standard InChI is InChI=1S/C11H20ClNO4Si/c1-10(2,3)16-9(14)11(15-4,8(12)7-13)17-18(5)6/h13,18H,1-6H3. The van der Waals surface area contributed by atoms with E-state index in [4.69, 9.17) is 30.9 Å². The third-order valence-electron chi connectivity index (χ3n) is 1.76. The topological polar surface area (TPSA) is 68.6 Å². The average Bonchev–Trinajstić information content (AvgIpc) is 2.21. The molecule has 1 atom stereocenters. The molecule has 7 heteroatoms. The highest BCUT2D eigenvalue weighted by Gasteiger charge is 2.48. The fraction of sp³-hybridized carbons (Fsp3) is 0.727. The second-order valence-electron chi connectivity index (χ2n) is 4.93. The predicted octanol–water partition coefficient (Wildman–Crippen LogP) is 2.04. The van der Waals surface area contributed by atoms with Gasteiger partial charge < -0.3 is 13.9 Å². The summed E-state index contributed by atoms with van der Waals surface area (Å²) in [6.45, 7) is 8.87. The number of carbonyl (C=O) groups excluding carboxylic acids is 1. The van der Waals surface area contributed by atoms with Gasteiger partial charge in [0.05, 0.1) is 0 Å². The van der Waals surface area contributed by atoms with Crippen LogP contribution in [0.25, 0.3) is 0 Å². The summed E-state index contributed by atoms with van der Waals surface area (Å²) in [4.78, 5) is 12.2. The second kappa shape index (κ2) is 6.50. The fourth-order valence-corrected chi connectivity index (χ4v) is 2.42. The number of halogens is 1. The number of nitrogens with one attached hydrogen (secondary N) is 1. The lowest BCUT2D eigenvalue weighted by Gasteiger charge is -2.33. The third-order valence-corrected chi connectivity index (χ3v) is 2.90. The lowest BCUT2D eigenvalue weighted by Crippen LogP contribution is -2.50. The summed E-state index contributed by atoms with van der Waals surface area (Å²) < 4.78 is 15.9. The van der Waals surface area contributed by atoms with Gasteiger partial charge in [-0.15, -0.1) is 0 Å². The first-order chi connectivity index (χ1) is 8.09. The second-order valence-corrected chi connectivity index (χ2v) is 7.64. The first-order valence-corrected chi connectivity index (χ1v) is 8.67. The Balaban J connectivity index is 5.44. The minimum atomic E-state index is -1.88. The molecule has 0 aliphatic carbocycles. The molecule has 0 aliphatic rings. The monoisotopic (exact) mass is 293 g/mol. The van der Waals surface area contributed by atoms with Gasteiger partial charge >= 0.3 is 11.8 Å². The van der Waals surface area contributed by atoms with Crippen LogP contribution in [0.4, 0.5) is 0 Å². The van der Waals surface area contributed by atoms with Gasteiger partial charge in [-0.05, 0) is 33.9 Å². The van der Waals surface area contributed by atoms with Crippen LogP contribution in [0, 0.1) is 5.41 Å². The van der Waals surface area contributed by atoms with Crippen LogP contribution in [-0.2, 0) is 18.7 Å². The van der Waals surface area contributed by atoms with E-state index in [2.05, 4.69) is 0 Å². The molecule has 0 aromatic heterocycles. The molecule has 0 aromatic rings. The van der Waals surface area contributed by atoms with Crippen LogP contribution < -0.4 is 0 Å². The van der Waals surface area contributed by atoms with Crippen molar-refractivity contribution in [3.8, 4) is 0 Å². The SMILES string of the molecule is COC(O[SiH](C)C)(C(=O)OC(C)(C)C)C(Cl)=C=N. The molecule has 0 saturated carbocycles. The Morgan fingerprint density at radius 3 is 2.11 bits per heavy atom. The van der Waals surface area contributed by atoms with Gasteiger partial charge in [0.2, 0.25) is 0 Å². The van der Waals surface area contributed by atoms with Gasteiger partial charge in [0, 0.05) is 13.0 Å². The molecule has 18 heavy (non-hydrogen) atoms. The van der Waals surface area contributed by atoms with Crippen molar-refractivity contribution in [3.63, 3.8) is 0 Å². The molecular formula is C11H20ClNO4Si. The van der Waals surface area contributed by atoms with Gasteiger partial charge in [-0.3, -0.25) is 5.41 Å². The minimum Gasteiger partial charge on any atom is -0.456 e. The van der Waals surface area contributed by atoms with Gasteiger partial charge in [-0.1, -0.05) is 11.6 Å². The predicted molar refractivity (Wildman–Crippen MR) is 72.6 cm³/mol. The number of esters is 1. The van der Waals surface area contributed by atoms with Crippen LogP contribution in [-0.4, -0.2) is 39.4 Å². The molecule has 0 aliphatic heterocycles. The van der Waals surface area contributed by atoms with E-state index >= 15 is 0 Å².